The van der Waals surface area contributed by atoms with E-state index in [9.17, 15) is 4.79 Å². The summed E-state index contributed by atoms with van der Waals surface area (Å²) < 4.78 is 0. The second-order valence-electron chi connectivity index (χ2n) is 5.07. The lowest BCUT2D eigenvalue weighted by atomic mass is 10.1. The summed E-state index contributed by atoms with van der Waals surface area (Å²) in [4.78, 5) is 14.3. The van der Waals surface area contributed by atoms with Crippen LogP contribution in [0.5, 0.6) is 0 Å². The van der Waals surface area contributed by atoms with Crippen molar-refractivity contribution in [3.63, 3.8) is 0 Å². The van der Waals surface area contributed by atoms with Crippen LogP contribution in [0.2, 0.25) is 5.02 Å². The van der Waals surface area contributed by atoms with Gasteiger partial charge in [0.05, 0.1) is 0 Å². The van der Waals surface area contributed by atoms with Crippen LogP contribution in [0.4, 0.5) is 0 Å². The van der Waals surface area contributed by atoms with Crippen molar-refractivity contribution in [3.8, 4) is 0 Å². The summed E-state index contributed by atoms with van der Waals surface area (Å²) in [6.45, 7) is 1.80. The fourth-order valence-corrected chi connectivity index (χ4v) is 2.78. The zero-order chi connectivity index (χ0) is 13.7. The Morgan fingerprint density at radius 2 is 2.16 bits per heavy atom. The molecule has 19 heavy (non-hydrogen) atoms. The predicted octanol–water partition coefficient (Wildman–Crippen LogP) is 2.48. The number of nitrogens with zero attached hydrogens (tertiary/aromatic N) is 1. The van der Waals surface area contributed by atoms with E-state index in [1.807, 2.05) is 36.2 Å². The highest BCUT2D eigenvalue weighted by molar-refractivity contribution is 6.30. The third kappa shape index (κ3) is 3.95. The zero-order valence-electron chi connectivity index (χ0n) is 11.4. The highest BCUT2D eigenvalue weighted by atomic mass is 35.5. The van der Waals surface area contributed by atoms with Gasteiger partial charge in [0.25, 0.3) is 0 Å². The van der Waals surface area contributed by atoms with E-state index in [4.69, 9.17) is 11.6 Å². The van der Waals surface area contributed by atoms with Crippen LogP contribution < -0.4 is 5.32 Å². The molecule has 1 unspecified atom stereocenters. The molecule has 1 atom stereocenters. The number of likely N-dealkylation sites (N-methyl/N-ethyl adjacent to an activating group) is 1. The Morgan fingerprint density at radius 3 is 2.84 bits per heavy atom. The summed E-state index contributed by atoms with van der Waals surface area (Å²) in [5, 5.41) is 3.91. The second kappa shape index (κ2) is 6.92. The minimum Gasteiger partial charge on any atom is -0.338 e. The average Bonchev–Trinajstić information content (AvgIpc) is 2.86. The Balaban J connectivity index is 1.85. The van der Waals surface area contributed by atoms with Crippen LogP contribution in [-0.4, -0.2) is 37.0 Å². The lowest BCUT2D eigenvalue weighted by molar-refractivity contribution is -0.131. The molecule has 1 aliphatic rings. The molecule has 1 aromatic carbocycles. The minimum absolute atomic E-state index is 0.271. The number of nitrogens with one attached hydrogen (secondary N) is 1. The summed E-state index contributed by atoms with van der Waals surface area (Å²) in [6, 6.07) is 8.11. The van der Waals surface area contributed by atoms with E-state index in [2.05, 4.69) is 5.32 Å². The molecule has 1 aromatic rings. The van der Waals surface area contributed by atoms with Crippen LogP contribution in [0.3, 0.4) is 0 Å². The van der Waals surface area contributed by atoms with Gasteiger partial charge in [0, 0.05) is 30.6 Å². The van der Waals surface area contributed by atoms with Crippen molar-refractivity contribution in [3.05, 3.63) is 34.9 Å². The van der Waals surface area contributed by atoms with Gasteiger partial charge in [0.2, 0.25) is 5.91 Å². The van der Waals surface area contributed by atoms with Crippen molar-refractivity contribution in [1.29, 1.82) is 0 Å². The van der Waals surface area contributed by atoms with Crippen molar-refractivity contribution in [1.82, 2.24) is 10.2 Å². The van der Waals surface area contributed by atoms with Gasteiger partial charge >= 0.3 is 0 Å². The topological polar surface area (TPSA) is 32.3 Å². The monoisotopic (exact) mass is 280 g/mol. The highest BCUT2D eigenvalue weighted by Crippen LogP contribution is 2.18. The van der Waals surface area contributed by atoms with Gasteiger partial charge in [-0.2, -0.15) is 0 Å². The van der Waals surface area contributed by atoms with E-state index in [-0.39, 0.29) is 5.91 Å². The number of hydrogen-bond donors (Lipinski definition) is 1. The zero-order valence-corrected chi connectivity index (χ0v) is 12.1. The molecule has 2 rings (SSSR count). The quantitative estimate of drug-likeness (QED) is 0.899. The van der Waals surface area contributed by atoms with Gasteiger partial charge < -0.3 is 10.2 Å². The van der Waals surface area contributed by atoms with Gasteiger partial charge in [-0.25, -0.2) is 0 Å². The molecule has 0 radical (unpaired) electrons. The molecule has 0 spiro atoms. The predicted molar refractivity (Wildman–Crippen MR) is 78.4 cm³/mol. The molecule has 1 heterocycles. The number of amides is 1. The number of likely N-dealkylation sites (tertiary alicyclic amines) is 1. The van der Waals surface area contributed by atoms with Crippen LogP contribution in [0.15, 0.2) is 24.3 Å². The largest absolute Gasteiger partial charge is 0.338 e. The van der Waals surface area contributed by atoms with E-state index in [1.54, 1.807) is 0 Å². The fraction of sp³-hybridized carbons (Fsp3) is 0.533. The molecule has 0 aromatic heterocycles. The van der Waals surface area contributed by atoms with Gasteiger partial charge in [0.15, 0.2) is 0 Å². The number of carbonyl (C=O) groups excluding carboxylic acids is 1. The number of benzene rings is 1. The number of halogens is 1. The van der Waals surface area contributed by atoms with Crippen molar-refractivity contribution in [2.24, 2.45) is 0 Å². The normalized spacial score (nSPS) is 18.8. The first-order chi connectivity index (χ1) is 9.20. The van der Waals surface area contributed by atoms with E-state index in [0.29, 0.717) is 12.5 Å². The van der Waals surface area contributed by atoms with Crippen molar-refractivity contribution in [2.75, 3.05) is 20.1 Å². The number of rotatable bonds is 5. The Kier molecular flexibility index (Phi) is 5.23. The molecule has 1 N–H and O–H groups in total. The van der Waals surface area contributed by atoms with Crippen LogP contribution in [0, 0.1) is 0 Å². The maximum atomic E-state index is 12.2. The van der Waals surface area contributed by atoms with E-state index < -0.39 is 0 Å². The molecule has 1 saturated heterocycles. The Labute approximate surface area is 119 Å². The lowest BCUT2D eigenvalue weighted by Gasteiger charge is -2.24. The fourth-order valence-electron chi connectivity index (χ4n) is 2.66. The van der Waals surface area contributed by atoms with Gasteiger partial charge in [-0.3, -0.25) is 4.79 Å². The second-order valence-corrected chi connectivity index (χ2v) is 5.50. The standard InChI is InChI=1S/C15H21ClN2O/c1-17-11-14-3-2-10-18(14)15(19)9-6-12-4-7-13(16)8-5-12/h4-5,7-8,14,17H,2-3,6,9-11H2,1H3. The summed E-state index contributed by atoms with van der Waals surface area (Å²) in [5.74, 6) is 0.271. The molecule has 1 aliphatic heterocycles. The highest BCUT2D eigenvalue weighted by Gasteiger charge is 2.27. The van der Waals surface area contributed by atoms with Gasteiger partial charge in [0.1, 0.15) is 0 Å². The summed E-state index contributed by atoms with van der Waals surface area (Å²) in [6.07, 6.45) is 3.62. The Hall–Kier alpha value is -1.06. The molecule has 0 saturated carbocycles. The first-order valence-corrected chi connectivity index (χ1v) is 7.27. The lowest BCUT2D eigenvalue weighted by Crippen LogP contribution is -2.40. The molecular formula is C15H21ClN2O. The van der Waals surface area contributed by atoms with Gasteiger partial charge in [-0.15, -0.1) is 0 Å². The van der Waals surface area contributed by atoms with Crippen molar-refractivity contribution < 1.29 is 4.79 Å². The molecule has 0 aliphatic carbocycles. The molecular weight excluding hydrogens is 260 g/mol. The average molecular weight is 281 g/mol. The minimum atomic E-state index is 0.271. The van der Waals surface area contributed by atoms with Crippen LogP contribution in [-0.2, 0) is 11.2 Å². The van der Waals surface area contributed by atoms with Gasteiger partial charge in [-0.1, -0.05) is 23.7 Å². The molecule has 104 valence electrons. The summed E-state index contributed by atoms with van der Waals surface area (Å²) in [7, 11) is 1.94. The molecule has 4 heteroatoms. The summed E-state index contributed by atoms with van der Waals surface area (Å²) in [5.41, 5.74) is 1.17. The van der Waals surface area contributed by atoms with Crippen LogP contribution in [0.1, 0.15) is 24.8 Å². The first kappa shape index (κ1) is 14.4. The van der Waals surface area contributed by atoms with Gasteiger partial charge in [-0.05, 0) is 44.0 Å². The number of carbonyl (C=O) groups is 1. The number of aryl methyl sites for hydroxylation is 1. The molecule has 3 nitrogen and oxygen atoms in total. The molecule has 1 amide bonds. The Morgan fingerprint density at radius 1 is 1.42 bits per heavy atom. The molecule has 0 bridgehead atoms. The maximum absolute atomic E-state index is 12.2. The molecule has 1 fully saturated rings. The van der Waals surface area contributed by atoms with Crippen molar-refractivity contribution in [2.45, 2.75) is 31.7 Å². The summed E-state index contributed by atoms with van der Waals surface area (Å²) >= 11 is 5.85. The Bertz CT molecular complexity index is 419. The third-order valence-electron chi connectivity index (χ3n) is 3.68. The van der Waals surface area contributed by atoms with E-state index in [1.165, 1.54) is 5.56 Å². The number of hydrogen-bond acceptors (Lipinski definition) is 2. The van der Waals surface area contributed by atoms with Crippen molar-refractivity contribution >= 4 is 17.5 Å². The van der Waals surface area contributed by atoms with E-state index >= 15 is 0 Å². The first-order valence-electron chi connectivity index (χ1n) is 6.89. The van der Waals surface area contributed by atoms with E-state index in [0.717, 1.165) is 37.4 Å². The SMILES string of the molecule is CNCC1CCCN1C(=O)CCc1ccc(Cl)cc1. The van der Waals surface area contributed by atoms with Crippen LogP contribution in [0.25, 0.3) is 0 Å². The van der Waals surface area contributed by atoms with Crippen LogP contribution >= 0.6 is 11.6 Å². The maximum Gasteiger partial charge on any atom is 0.223 e. The third-order valence-corrected chi connectivity index (χ3v) is 3.93. The smallest absolute Gasteiger partial charge is 0.223 e.